The maximum absolute atomic E-state index is 11.9. The summed E-state index contributed by atoms with van der Waals surface area (Å²) < 4.78 is 10.3. The van der Waals surface area contributed by atoms with Crippen LogP contribution in [0.15, 0.2) is 38.6 Å². The fourth-order valence-corrected chi connectivity index (χ4v) is 1.65. The number of methoxy groups -OCH3 is 1. The SMILES string of the molecule is COc1ccc2cc(/C(C)=N/OC(C)=O)c(=O)oc2c1. The zero-order valence-corrected chi connectivity index (χ0v) is 11.3. The Balaban J connectivity index is 2.51. The molecule has 6 heteroatoms. The van der Waals surface area contributed by atoms with E-state index in [9.17, 15) is 9.59 Å². The summed E-state index contributed by atoms with van der Waals surface area (Å²) in [5.74, 6) is 0.0398. The number of oxime groups is 1. The standard InChI is InChI=1S/C14H13NO5/c1-8(15-20-9(2)16)12-6-10-4-5-11(18-3)7-13(10)19-14(12)17/h4-7H,1-3H3/b15-8+. The number of nitrogens with zero attached hydrogens (tertiary/aromatic N) is 1. The van der Waals surface area contributed by atoms with Gasteiger partial charge in [0.15, 0.2) is 0 Å². The molecule has 2 aromatic rings. The summed E-state index contributed by atoms with van der Waals surface area (Å²) in [5, 5.41) is 4.30. The molecule has 0 bridgehead atoms. The number of rotatable bonds is 3. The second-order valence-electron chi connectivity index (χ2n) is 4.11. The molecule has 0 fully saturated rings. The van der Waals surface area contributed by atoms with E-state index in [4.69, 9.17) is 9.15 Å². The predicted octanol–water partition coefficient (Wildman–Crippen LogP) is 2.09. The van der Waals surface area contributed by atoms with Gasteiger partial charge in [0.25, 0.3) is 0 Å². The van der Waals surface area contributed by atoms with E-state index in [0.717, 1.165) is 5.39 Å². The molecule has 1 aromatic carbocycles. The molecule has 0 aliphatic carbocycles. The predicted molar refractivity (Wildman–Crippen MR) is 73.0 cm³/mol. The highest BCUT2D eigenvalue weighted by atomic mass is 16.7. The Hall–Kier alpha value is -2.63. The quantitative estimate of drug-likeness (QED) is 0.371. The van der Waals surface area contributed by atoms with E-state index in [2.05, 4.69) is 9.99 Å². The Morgan fingerprint density at radius 2 is 2.00 bits per heavy atom. The summed E-state index contributed by atoms with van der Waals surface area (Å²) >= 11 is 0. The van der Waals surface area contributed by atoms with Crippen LogP contribution in [0.25, 0.3) is 11.0 Å². The maximum atomic E-state index is 11.9. The number of carbonyl (C=O) groups is 1. The van der Waals surface area contributed by atoms with Gasteiger partial charge < -0.3 is 14.0 Å². The number of hydrogen-bond acceptors (Lipinski definition) is 6. The Morgan fingerprint density at radius 3 is 2.65 bits per heavy atom. The van der Waals surface area contributed by atoms with Gasteiger partial charge in [-0.3, -0.25) is 0 Å². The molecule has 0 unspecified atom stereocenters. The third-order valence-electron chi connectivity index (χ3n) is 2.64. The van der Waals surface area contributed by atoms with Crippen LogP contribution in [0.3, 0.4) is 0 Å². The summed E-state index contributed by atoms with van der Waals surface area (Å²) in [6.45, 7) is 2.79. The first kappa shape index (κ1) is 13.8. The minimum atomic E-state index is -0.556. The van der Waals surface area contributed by atoms with E-state index in [-0.39, 0.29) is 11.3 Å². The van der Waals surface area contributed by atoms with Crippen molar-refractivity contribution in [3.05, 3.63) is 40.2 Å². The van der Waals surface area contributed by atoms with E-state index in [1.165, 1.54) is 14.0 Å². The van der Waals surface area contributed by atoms with Crippen LogP contribution in [0.1, 0.15) is 19.4 Å². The molecule has 0 radical (unpaired) electrons. The maximum Gasteiger partial charge on any atom is 0.345 e. The Labute approximate surface area is 114 Å². The first-order chi connectivity index (χ1) is 9.51. The van der Waals surface area contributed by atoms with Crippen LogP contribution in [-0.4, -0.2) is 18.8 Å². The summed E-state index contributed by atoms with van der Waals surface area (Å²) in [6, 6.07) is 6.77. The molecule has 0 saturated carbocycles. The van der Waals surface area contributed by atoms with E-state index in [0.29, 0.717) is 11.3 Å². The number of fused-ring (bicyclic) bond motifs is 1. The monoisotopic (exact) mass is 275 g/mol. The zero-order valence-electron chi connectivity index (χ0n) is 11.3. The fraction of sp³-hybridized carbons (Fsp3) is 0.214. The van der Waals surface area contributed by atoms with Crippen LogP contribution in [0.2, 0.25) is 0 Å². The summed E-state index contributed by atoms with van der Waals surface area (Å²) in [7, 11) is 1.53. The Bertz CT molecular complexity index is 745. The van der Waals surface area contributed by atoms with Gasteiger partial charge in [0.1, 0.15) is 11.3 Å². The van der Waals surface area contributed by atoms with Crippen LogP contribution in [0, 0.1) is 0 Å². The largest absolute Gasteiger partial charge is 0.497 e. The molecule has 0 spiro atoms. The van der Waals surface area contributed by atoms with Crippen molar-refractivity contribution in [2.24, 2.45) is 5.16 Å². The average molecular weight is 275 g/mol. The molecular formula is C14H13NO5. The minimum absolute atomic E-state index is 0.240. The molecule has 0 atom stereocenters. The van der Waals surface area contributed by atoms with Crippen molar-refractivity contribution in [3.63, 3.8) is 0 Å². The smallest absolute Gasteiger partial charge is 0.345 e. The lowest BCUT2D eigenvalue weighted by Crippen LogP contribution is -2.13. The number of ether oxygens (including phenoxy) is 1. The highest BCUT2D eigenvalue weighted by Crippen LogP contribution is 2.20. The van der Waals surface area contributed by atoms with E-state index in [1.54, 1.807) is 31.2 Å². The number of carbonyl (C=O) groups excluding carboxylic acids is 1. The molecule has 20 heavy (non-hydrogen) atoms. The lowest BCUT2D eigenvalue weighted by Gasteiger charge is -2.03. The second-order valence-corrected chi connectivity index (χ2v) is 4.11. The fourth-order valence-electron chi connectivity index (χ4n) is 1.65. The van der Waals surface area contributed by atoms with Crippen molar-refractivity contribution in [1.29, 1.82) is 0 Å². The molecule has 1 heterocycles. The summed E-state index contributed by atoms with van der Waals surface area (Å²) in [6.07, 6.45) is 0. The molecule has 0 saturated heterocycles. The molecule has 0 amide bonds. The van der Waals surface area contributed by atoms with Crippen molar-refractivity contribution < 1.29 is 18.8 Å². The molecule has 2 rings (SSSR count). The van der Waals surface area contributed by atoms with Gasteiger partial charge in [-0.05, 0) is 25.1 Å². The normalized spacial score (nSPS) is 11.4. The van der Waals surface area contributed by atoms with Crippen molar-refractivity contribution >= 4 is 22.7 Å². The number of hydrogen-bond donors (Lipinski definition) is 0. The van der Waals surface area contributed by atoms with Crippen molar-refractivity contribution in [3.8, 4) is 5.75 Å². The summed E-state index contributed by atoms with van der Waals surface area (Å²) in [4.78, 5) is 27.1. The topological polar surface area (TPSA) is 78.1 Å². The van der Waals surface area contributed by atoms with Crippen LogP contribution in [0.5, 0.6) is 5.75 Å². The first-order valence-electron chi connectivity index (χ1n) is 5.85. The molecule has 0 aliphatic rings. The van der Waals surface area contributed by atoms with Gasteiger partial charge in [0.05, 0.1) is 18.4 Å². The van der Waals surface area contributed by atoms with Crippen LogP contribution >= 0.6 is 0 Å². The van der Waals surface area contributed by atoms with E-state index < -0.39 is 11.6 Å². The van der Waals surface area contributed by atoms with Gasteiger partial charge in [-0.2, -0.15) is 0 Å². The third kappa shape index (κ3) is 2.85. The van der Waals surface area contributed by atoms with Gasteiger partial charge in [-0.15, -0.1) is 0 Å². The molecule has 6 nitrogen and oxygen atoms in total. The van der Waals surface area contributed by atoms with Crippen LogP contribution in [-0.2, 0) is 9.63 Å². The van der Waals surface area contributed by atoms with Gasteiger partial charge in [-0.1, -0.05) is 5.16 Å². The minimum Gasteiger partial charge on any atom is -0.497 e. The number of benzene rings is 1. The Morgan fingerprint density at radius 1 is 1.25 bits per heavy atom. The van der Waals surface area contributed by atoms with Crippen LogP contribution in [0.4, 0.5) is 0 Å². The van der Waals surface area contributed by atoms with Gasteiger partial charge in [0.2, 0.25) is 0 Å². The van der Waals surface area contributed by atoms with Gasteiger partial charge >= 0.3 is 11.6 Å². The van der Waals surface area contributed by atoms with Crippen molar-refractivity contribution in [1.82, 2.24) is 0 Å². The average Bonchev–Trinajstić information content (AvgIpc) is 2.43. The van der Waals surface area contributed by atoms with Crippen molar-refractivity contribution in [2.75, 3.05) is 7.11 Å². The van der Waals surface area contributed by atoms with E-state index >= 15 is 0 Å². The third-order valence-corrected chi connectivity index (χ3v) is 2.64. The summed E-state index contributed by atoms with van der Waals surface area (Å²) in [5.41, 5.74) is 0.369. The molecular weight excluding hydrogens is 262 g/mol. The first-order valence-corrected chi connectivity index (χ1v) is 5.85. The molecule has 0 aliphatic heterocycles. The zero-order chi connectivity index (χ0) is 14.7. The molecule has 1 aromatic heterocycles. The van der Waals surface area contributed by atoms with E-state index in [1.807, 2.05) is 0 Å². The highest BCUT2D eigenvalue weighted by molar-refractivity contribution is 6.00. The molecule has 0 N–H and O–H groups in total. The van der Waals surface area contributed by atoms with Crippen molar-refractivity contribution in [2.45, 2.75) is 13.8 Å². The second kappa shape index (κ2) is 5.56. The molecule has 104 valence electrons. The van der Waals surface area contributed by atoms with Gasteiger partial charge in [-0.25, -0.2) is 9.59 Å². The highest BCUT2D eigenvalue weighted by Gasteiger charge is 2.10. The Kier molecular flexibility index (Phi) is 3.84. The van der Waals surface area contributed by atoms with Crippen LogP contribution < -0.4 is 10.4 Å². The lowest BCUT2D eigenvalue weighted by atomic mass is 10.1. The lowest BCUT2D eigenvalue weighted by molar-refractivity contribution is -0.140. The van der Waals surface area contributed by atoms with Gasteiger partial charge in [0, 0.05) is 18.4 Å².